The maximum absolute atomic E-state index is 12.0. The Bertz CT molecular complexity index is 800. The first-order chi connectivity index (χ1) is 9.86. The summed E-state index contributed by atoms with van der Waals surface area (Å²) in [5.41, 5.74) is -0.349. The molecule has 1 N–H and O–H groups in total. The Morgan fingerprint density at radius 1 is 1.33 bits per heavy atom. The molecule has 0 aliphatic carbocycles. The number of hydrogen-bond donors (Lipinski definition) is 1. The normalized spacial score (nSPS) is 10.9. The molecule has 114 valence electrons. The van der Waals surface area contributed by atoms with Crippen LogP contribution in [-0.4, -0.2) is 45.8 Å². The molecule has 0 amide bonds. The number of nitrogens with zero attached hydrogens (tertiary/aromatic N) is 4. The number of rotatable bonds is 4. The summed E-state index contributed by atoms with van der Waals surface area (Å²) >= 11 is 0. The molecular formula is C12H17N5O4. The maximum atomic E-state index is 12.0. The second-order valence-corrected chi connectivity index (χ2v) is 4.71. The van der Waals surface area contributed by atoms with Crippen LogP contribution in [0.2, 0.25) is 0 Å². The van der Waals surface area contributed by atoms with Gasteiger partial charge in [-0.05, 0) is 0 Å². The van der Waals surface area contributed by atoms with Crippen molar-refractivity contribution in [2.24, 2.45) is 14.1 Å². The summed E-state index contributed by atoms with van der Waals surface area (Å²) in [6.07, 6.45) is 0.195. The molecule has 0 radical (unpaired) electrons. The highest BCUT2D eigenvalue weighted by Gasteiger charge is 2.15. The van der Waals surface area contributed by atoms with E-state index in [9.17, 15) is 14.4 Å². The van der Waals surface area contributed by atoms with Crippen LogP contribution in [0.5, 0.6) is 0 Å². The van der Waals surface area contributed by atoms with Crippen molar-refractivity contribution in [3.8, 4) is 0 Å². The van der Waals surface area contributed by atoms with Crippen molar-refractivity contribution < 1.29 is 9.53 Å². The zero-order valence-electron chi connectivity index (χ0n) is 12.3. The van der Waals surface area contributed by atoms with Crippen molar-refractivity contribution in [2.45, 2.75) is 6.42 Å². The number of ether oxygens (including phenoxy) is 1. The third-order valence-electron chi connectivity index (χ3n) is 3.32. The lowest BCUT2D eigenvalue weighted by molar-refractivity contribution is -0.140. The van der Waals surface area contributed by atoms with Crippen LogP contribution in [0, 0.1) is 0 Å². The lowest BCUT2D eigenvalue weighted by Gasteiger charge is -2.14. The van der Waals surface area contributed by atoms with E-state index in [0.29, 0.717) is 12.5 Å². The van der Waals surface area contributed by atoms with Gasteiger partial charge in [0.1, 0.15) is 0 Å². The van der Waals surface area contributed by atoms with Crippen molar-refractivity contribution in [2.75, 3.05) is 25.6 Å². The van der Waals surface area contributed by atoms with Crippen molar-refractivity contribution in [3.63, 3.8) is 0 Å². The largest absolute Gasteiger partial charge is 0.469 e. The number of carbonyl (C=O) groups excluding carboxylic acids is 1. The Hall–Kier alpha value is -2.58. The molecule has 21 heavy (non-hydrogen) atoms. The molecule has 9 heteroatoms. The van der Waals surface area contributed by atoms with E-state index in [1.807, 2.05) is 0 Å². The van der Waals surface area contributed by atoms with Crippen LogP contribution >= 0.6 is 0 Å². The third-order valence-corrected chi connectivity index (χ3v) is 3.32. The Morgan fingerprint density at radius 2 is 2.00 bits per heavy atom. The predicted octanol–water partition coefficient (Wildman–Crippen LogP) is -1.04. The van der Waals surface area contributed by atoms with Gasteiger partial charge in [-0.25, -0.2) is 4.79 Å². The van der Waals surface area contributed by atoms with Crippen LogP contribution in [0.15, 0.2) is 9.59 Å². The fourth-order valence-electron chi connectivity index (χ4n) is 1.96. The van der Waals surface area contributed by atoms with Crippen molar-refractivity contribution >= 4 is 23.1 Å². The van der Waals surface area contributed by atoms with E-state index in [-0.39, 0.29) is 23.6 Å². The Morgan fingerprint density at radius 3 is 2.62 bits per heavy atom. The molecule has 2 heterocycles. The van der Waals surface area contributed by atoms with Crippen molar-refractivity contribution in [3.05, 3.63) is 20.8 Å². The molecule has 0 fully saturated rings. The average Bonchev–Trinajstić information content (AvgIpc) is 2.93. The molecule has 0 aromatic carbocycles. The van der Waals surface area contributed by atoms with Gasteiger partial charge < -0.3 is 14.6 Å². The van der Waals surface area contributed by atoms with Gasteiger partial charge in [0.2, 0.25) is 5.95 Å². The molecule has 0 spiro atoms. The number of methoxy groups -OCH3 is 1. The minimum Gasteiger partial charge on any atom is -0.469 e. The van der Waals surface area contributed by atoms with Crippen LogP contribution in [0.3, 0.4) is 0 Å². The lowest BCUT2D eigenvalue weighted by atomic mass is 10.4. The van der Waals surface area contributed by atoms with Crippen LogP contribution in [0.1, 0.15) is 6.42 Å². The maximum Gasteiger partial charge on any atom is 0.332 e. The van der Waals surface area contributed by atoms with E-state index in [1.165, 1.54) is 18.7 Å². The molecule has 0 bridgehead atoms. The molecule has 0 aliphatic rings. The smallest absolute Gasteiger partial charge is 0.332 e. The zero-order valence-corrected chi connectivity index (χ0v) is 12.3. The second-order valence-electron chi connectivity index (χ2n) is 4.71. The van der Waals surface area contributed by atoms with Gasteiger partial charge >= 0.3 is 11.7 Å². The molecule has 2 aromatic rings. The molecule has 0 aliphatic heterocycles. The summed E-state index contributed by atoms with van der Waals surface area (Å²) in [5, 5.41) is 0. The highest BCUT2D eigenvalue weighted by Crippen LogP contribution is 2.12. The molecule has 2 rings (SSSR count). The molecule has 2 aromatic heterocycles. The van der Waals surface area contributed by atoms with Crippen LogP contribution in [-0.2, 0) is 23.6 Å². The van der Waals surface area contributed by atoms with Gasteiger partial charge in [-0.3, -0.25) is 18.7 Å². The summed E-state index contributed by atoms with van der Waals surface area (Å²) in [6, 6.07) is 0. The summed E-state index contributed by atoms with van der Waals surface area (Å²) in [4.78, 5) is 43.8. The van der Waals surface area contributed by atoms with Crippen molar-refractivity contribution in [1.29, 1.82) is 0 Å². The van der Waals surface area contributed by atoms with Gasteiger partial charge in [0, 0.05) is 27.7 Å². The second kappa shape index (κ2) is 5.43. The number of esters is 1. The average molecular weight is 295 g/mol. The molecule has 0 saturated heterocycles. The number of fused-ring (bicyclic) bond motifs is 1. The third kappa shape index (κ3) is 2.54. The molecule has 0 atom stereocenters. The van der Waals surface area contributed by atoms with E-state index in [1.54, 1.807) is 19.0 Å². The quantitative estimate of drug-likeness (QED) is 0.723. The Labute approximate surface area is 119 Å². The monoisotopic (exact) mass is 295 g/mol. The van der Waals surface area contributed by atoms with E-state index in [2.05, 4.69) is 14.7 Å². The topological polar surface area (TPSA) is 102 Å². The highest BCUT2D eigenvalue weighted by atomic mass is 16.5. The predicted molar refractivity (Wildman–Crippen MR) is 76.5 cm³/mol. The number of aryl methyl sites for hydroxylation is 1. The molecule has 0 unspecified atom stereocenters. The lowest BCUT2D eigenvalue weighted by Crippen LogP contribution is -2.36. The summed E-state index contributed by atoms with van der Waals surface area (Å²) < 4.78 is 6.88. The zero-order chi connectivity index (χ0) is 15.7. The number of H-pyrrole nitrogens is 1. The minimum atomic E-state index is -0.442. The number of carbonyl (C=O) groups is 1. The number of imidazole rings is 1. The van der Waals surface area contributed by atoms with Gasteiger partial charge in [0.25, 0.3) is 5.56 Å². The fourth-order valence-corrected chi connectivity index (χ4v) is 1.96. The number of anilines is 1. The van der Waals surface area contributed by atoms with Crippen molar-refractivity contribution in [1.82, 2.24) is 19.1 Å². The van der Waals surface area contributed by atoms with Gasteiger partial charge in [-0.1, -0.05) is 0 Å². The van der Waals surface area contributed by atoms with E-state index in [0.717, 1.165) is 4.57 Å². The van der Waals surface area contributed by atoms with Gasteiger partial charge in [0.15, 0.2) is 11.2 Å². The number of aromatic amines is 1. The summed E-state index contributed by atoms with van der Waals surface area (Å²) in [5.74, 6) is 0.0773. The van der Waals surface area contributed by atoms with Gasteiger partial charge in [-0.2, -0.15) is 4.98 Å². The SMILES string of the molecule is COC(=O)CCN(C)c1nc2c([nH]1)c(=O)n(C)c(=O)n2C. The van der Waals surface area contributed by atoms with Crippen LogP contribution in [0.25, 0.3) is 11.2 Å². The summed E-state index contributed by atoms with van der Waals surface area (Å²) in [7, 11) is 6.00. The Balaban J connectivity index is 2.42. The fraction of sp³-hybridized carbons (Fsp3) is 0.500. The highest BCUT2D eigenvalue weighted by molar-refractivity contribution is 5.73. The van der Waals surface area contributed by atoms with Gasteiger partial charge in [-0.15, -0.1) is 0 Å². The van der Waals surface area contributed by atoms with Crippen LogP contribution in [0.4, 0.5) is 5.95 Å². The first kappa shape index (κ1) is 14.8. The molecule has 0 saturated carbocycles. The van der Waals surface area contributed by atoms with Gasteiger partial charge in [0.05, 0.1) is 13.5 Å². The van der Waals surface area contributed by atoms with E-state index >= 15 is 0 Å². The van der Waals surface area contributed by atoms with Crippen LogP contribution < -0.4 is 16.1 Å². The summed E-state index contributed by atoms with van der Waals surface area (Å²) in [6.45, 7) is 0.376. The number of aromatic nitrogens is 4. The van der Waals surface area contributed by atoms with E-state index in [4.69, 9.17) is 0 Å². The molecular weight excluding hydrogens is 278 g/mol. The number of hydrogen-bond acceptors (Lipinski definition) is 6. The minimum absolute atomic E-state index is 0.195. The number of nitrogens with one attached hydrogen (secondary N) is 1. The van der Waals surface area contributed by atoms with E-state index < -0.39 is 11.2 Å². The molecule has 9 nitrogen and oxygen atoms in total. The first-order valence-electron chi connectivity index (χ1n) is 6.30. The first-order valence-corrected chi connectivity index (χ1v) is 6.30. The Kier molecular flexibility index (Phi) is 3.83. The standard InChI is InChI=1S/C12H17N5O4/c1-15(6-5-7(18)21-4)11-13-8-9(14-11)16(2)12(20)17(3)10(8)19/h5-6H2,1-4H3,(H,13,14).